The van der Waals surface area contributed by atoms with Crippen molar-refractivity contribution in [1.82, 2.24) is 24.2 Å². The molecule has 3 aromatic rings. The molecule has 6 nitrogen and oxygen atoms in total. The Morgan fingerprint density at radius 3 is 2.83 bits per heavy atom. The zero-order valence-electron chi connectivity index (χ0n) is 17.3. The van der Waals surface area contributed by atoms with Crippen LogP contribution in [-0.2, 0) is 6.54 Å². The maximum absolute atomic E-state index is 13.2. The van der Waals surface area contributed by atoms with Crippen molar-refractivity contribution in [3.8, 4) is 0 Å². The van der Waals surface area contributed by atoms with Gasteiger partial charge in [-0.25, -0.2) is 4.98 Å². The SMILES string of the molecule is CCCN(CC)C(=O)c1nc([C@@H]2CCCN2Cc2ccccn2)n2ccccc12. The molecular weight excluding hydrogens is 362 g/mol. The van der Waals surface area contributed by atoms with Gasteiger partial charge in [-0.15, -0.1) is 0 Å². The number of fused-ring (bicyclic) bond motifs is 1. The molecule has 1 saturated heterocycles. The smallest absolute Gasteiger partial charge is 0.274 e. The zero-order valence-corrected chi connectivity index (χ0v) is 17.3. The molecule has 1 aliphatic rings. The van der Waals surface area contributed by atoms with Gasteiger partial charge in [-0.3, -0.25) is 14.7 Å². The van der Waals surface area contributed by atoms with Crippen LogP contribution in [0.3, 0.4) is 0 Å². The lowest BCUT2D eigenvalue weighted by atomic mass is 10.2. The highest BCUT2D eigenvalue weighted by Crippen LogP contribution is 2.33. The maximum atomic E-state index is 13.2. The third-order valence-electron chi connectivity index (χ3n) is 5.69. The summed E-state index contributed by atoms with van der Waals surface area (Å²) in [6.45, 7) is 7.39. The molecule has 29 heavy (non-hydrogen) atoms. The second-order valence-electron chi connectivity index (χ2n) is 7.61. The Balaban J connectivity index is 1.69. The van der Waals surface area contributed by atoms with Gasteiger partial charge in [0.25, 0.3) is 5.91 Å². The first kappa shape index (κ1) is 19.6. The molecule has 1 fully saturated rings. The minimum absolute atomic E-state index is 0.0265. The van der Waals surface area contributed by atoms with Gasteiger partial charge in [0, 0.05) is 32.0 Å². The average Bonchev–Trinajstić information content (AvgIpc) is 3.36. The van der Waals surface area contributed by atoms with Crippen LogP contribution in [0.2, 0.25) is 0 Å². The number of aromatic nitrogens is 3. The largest absolute Gasteiger partial charge is 0.338 e. The third kappa shape index (κ3) is 3.90. The lowest BCUT2D eigenvalue weighted by molar-refractivity contribution is 0.0760. The molecule has 0 saturated carbocycles. The van der Waals surface area contributed by atoms with Crippen molar-refractivity contribution in [3.05, 3.63) is 66.0 Å². The molecule has 0 aliphatic carbocycles. The highest BCUT2D eigenvalue weighted by atomic mass is 16.2. The van der Waals surface area contributed by atoms with Crippen molar-refractivity contribution in [2.75, 3.05) is 19.6 Å². The molecule has 1 aliphatic heterocycles. The summed E-state index contributed by atoms with van der Waals surface area (Å²) in [5.74, 6) is 0.989. The summed E-state index contributed by atoms with van der Waals surface area (Å²) in [7, 11) is 0. The van der Waals surface area contributed by atoms with Crippen LogP contribution in [0.5, 0.6) is 0 Å². The Morgan fingerprint density at radius 2 is 2.07 bits per heavy atom. The van der Waals surface area contributed by atoms with Gasteiger partial charge in [-0.05, 0) is 57.0 Å². The van der Waals surface area contributed by atoms with Crippen molar-refractivity contribution in [3.63, 3.8) is 0 Å². The van der Waals surface area contributed by atoms with E-state index >= 15 is 0 Å². The van der Waals surface area contributed by atoms with Gasteiger partial charge in [-0.1, -0.05) is 19.1 Å². The van der Waals surface area contributed by atoms with Crippen LogP contribution in [0.15, 0.2) is 48.8 Å². The van der Waals surface area contributed by atoms with Gasteiger partial charge in [-0.2, -0.15) is 0 Å². The number of hydrogen-bond donors (Lipinski definition) is 0. The molecule has 4 heterocycles. The minimum Gasteiger partial charge on any atom is -0.338 e. The summed E-state index contributed by atoms with van der Waals surface area (Å²) in [6.07, 6.45) is 6.98. The summed E-state index contributed by atoms with van der Waals surface area (Å²) < 4.78 is 2.11. The molecule has 6 heteroatoms. The molecule has 4 rings (SSSR count). The molecular formula is C23H29N5O. The van der Waals surface area contributed by atoms with E-state index in [0.717, 1.165) is 55.9 Å². The standard InChI is InChI=1S/C23H29N5O/c1-3-14-26(4-2)23(29)21-19-11-6-8-16-28(19)22(25-21)20-12-9-15-27(20)17-18-10-5-7-13-24-18/h5-8,10-11,13,16,20H,3-4,9,12,14-15,17H2,1-2H3/t20-/m0/s1. The van der Waals surface area contributed by atoms with Gasteiger partial charge < -0.3 is 9.30 Å². The number of nitrogens with zero attached hydrogens (tertiary/aromatic N) is 5. The summed E-state index contributed by atoms with van der Waals surface area (Å²) >= 11 is 0. The van der Waals surface area contributed by atoms with Crippen LogP contribution in [0, 0.1) is 0 Å². The number of imidazole rings is 1. The van der Waals surface area contributed by atoms with Crippen LogP contribution >= 0.6 is 0 Å². The Labute approximate surface area is 172 Å². The molecule has 0 spiro atoms. The lowest BCUT2D eigenvalue weighted by Gasteiger charge is -2.23. The predicted molar refractivity (Wildman–Crippen MR) is 114 cm³/mol. The number of rotatable bonds is 7. The first-order valence-corrected chi connectivity index (χ1v) is 10.6. The molecule has 1 amide bonds. The zero-order chi connectivity index (χ0) is 20.2. The van der Waals surface area contributed by atoms with E-state index in [-0.39, 0.29) is 11.9 Å². The van der Waals surface area contributed by atoms with Gasteiger partial charge >= 0.3 is 0 Å². The average molecular weight is 392 g/mol. The fourth-order valence-corrected chi connectivity index (χ4v) is 4.28. The van der Waals surface area contributed by atoms with Gasteiger partial charge in [0.05, 0.1) is 17.3 Å². The Kier molecular flexibility index (Phi) is 5.90. The van der Waals surface area contributed by atoms with E-state index in [1.54, 1.807) is 0 Å². The van der Waals surface area contributed by atoms with Gasteiger partial charge in [0.2, 0.25) is 0 Å². The van der Waals surface area contributed by atoms with Crippen molar-refractivity contribution >= 4 is 11.4 Å². The quantitative estimate of drug-likeness (QED) is 0.612. The minimum atomic E-state index is 0.0265. The van der Waals surface area contributed by atoms with Gasteiger partial charge in [0.15, 0.2) is 5.69 Å². The number of hydrogen-bond acceptors (Lipinski definition) is 4. The number of pyridine rings is 2. The Hall–Kier alpha value is -2.73. The van der Waals surface area contributed by atoms with Crippen LogP contribution in [-0.4, -0.2) is 49.7 Å². The van der Waals surface area contributed by atoms with E-state index in [4.69, 9.17) is 4.98 Å². The molecule has 1 atom stereocenters. The van der Waals surface area contributed by atoms with Crippen LogP contribution < -0.4 is 0 Å². The highest BCUT2D eigenvalue weighted by molar-refractivity contribution is 5.99. The van der Waals surface area contributed by atoms with E-state index in [2.05, 4.69) is 27.3 Å². The normalized spacial score (nSPS) is 17.1. The van der Waals surface area contributed by atoms with E-state index in [1.807, 2.05) is 54.5 Å². The van der Waals surface area contributed by atoms with Crippen LogP contribution in [0.25, 0.3) is 5.52 Å². The molecule has 0 aromatic carbocycles. The van der Waals surface area contributed by atoms with E-state index < -0.39 is 0 Å². The van der Waals surface area contributed by atoms with Crippen molar-refractivity contribution in [1.29, 1.82) is 0 Å². The third-order valence-corrected chi connectivity index (χ3v) is 5.69. The van der Waals surface area contributed by atoms with E-state index in [1.165, 1.54) is 0 Å². The van der Waals surface area contributed by atoms with Crippen LogP contribution in [0.1, 0.15) is 61.2 Å². The lowest BCUT2D eigenvalue weighted by Crippen LogP contribution is -2.32. The molecule has 3 aromatic heterocycles. The second-order valence-corrected chi connectivity index (χ2v) is 7.61. The molecule has 152 valence electrons. The fourth-order valence-electron chi connectivity index (χ4n) is 4.28. The topological polar surface area (TPSA) is 53.7 Å². The van der Waals surface area contributed by atoms with E-state index in [0.29, 0.717) is 12.2 Å². The summed E-state index contributed by atoms with van der Waals surface area (Å²) in [5, 5.41) is 0. The fraction of sp³-hybridized carbons (Fsp3) is 0.435. The molecule has 0 N–H and O–H groups in total. The number of amides is 1. The maximum Gasteiger partial charge on any atom is 0.274 e. The van der Waals surface area contributed by atoms with Crippen molar-refractivity contribution in [2.45, 2.75) is 45.7 Å². The number of likely N-dealkylation sites (tertiary alicyclic amines) is 1. The monoisotopic (exact) mass is 391 g/mol. The molecule has 0 bridgehead atoms. The molecule has 0 radical (unpaired) electrons. The first-order valence-electron chi connectivity index (χ1n) is 10.6. The summed E-state index contributed by atoms with van der Waals surface area (Å²) in [6, 6.07) is 12.2. The Bertz CT molecular complexity index is 968. The second kappa shape index (κ2) is 8.74. The van der Waals surface area contributed by atoms with Crippen molar-refractivity contribution in [2.24, 2.45) is 0 Å². The number of carbonyl (C=O) groups excluding carboxylic acids is 1. The number of carbonyl (C=O) groups is 1. The summed E-state index contributed by atoms with van der Waals surface area (Å²) in [5.41, 5.74) is 2.53. The Morgan fingerprint density at radius 1 is 1.21 bits per heavy atom. The van der Waals surface area contributed by atoms with Gasteiger partial charge in [0.1, 0.15) is 5.82 Å². The summed E-state index contributed by atoms with van der Waals surface area (Å²) in [4.78, 5) is 26.9. The van der Waals surface area contributed by atoms with Crippen molar-refractivity contribution < 1.29 is 4.79 Å². The first-order chi connectivity index (χ1) is 14.2. The molecule has 0 unspecified atom stereocenters. The predicted octanol–water partition coefficient (Wildman–Crippen LogP) is 3.94. The van der Waals surface area contributed by atoms with E-state index in [9.17, 15) is 4.79 Å². The van der Waals surface area contributed by atoms with Crippen LogP contribution in [0.4, 0.5) is 0 Å². The highest BCUT2D eigenvalue weighted by Gasteiger charge is 2.32.